The lowest BCUT2D eigenvalue weighted by atomic mass is 10.1. The van der Waals surface area contributed by atoms with Crippen molar-refractivity contribution in [1.82, 2.24) is 4.98 Å². The fraction of sp³-hybridized carbons (Fsp3) is 0. The fourth-order valence-electron chi connectivity index (χ4n) is 2.13. The number of carbonyl (C=O) groups excluding carboxylic acids is 1. The Kier molecular flexibility index (Phi) is 4.29. The predicted molar refractivity (Wildman–Crippen MR) is 88.4 cm³/mol. The largest absolute Gasteiger partial charge is 0.457 e. The van der Waals surface area contributed by atoms with Crippen LogP contribution in [0, 0.1) is 10.1 Å². The minimum absolute atomic E-state index is 0.00672. The molecule has 2 aromatic heterocycles. The number of furan rings is 1. The molecular formula is C18H12N2O4. The minimum atomic E-state index is -0.459. The van der Waals surface area contributed by atoms with Crippen molar-refractivity contribution in [3.8, 4) is 11.3 Å². The first-order chi connectivity index (χ1) is 11.6. The molecule has 0 saturated carbocycles. The molecule has 118 valence electrons. The van der Waals surface area contributed by atoms with Gasteiger partial charge in [-0.25, -0.2) is 0 Å². The Balaban J connectivity index is 1.79. The second kappa shape index (κ2) is 6.70. The molecular weight excluding hydrogens is 308 g/mol. The van der Waals surface area contributed by atoms with E-state index in [2.05, 4.69) is 4.98 Å². The van der Waals surface area contributed by atoms with Crippen molar-refractivity contribution in [3.63, 3.8) is 0 Å². The maximum absolute atomic E-state index is 12.0. The Morgan fingerprint density at radius 3 is 2.79 bits per heavy atom. The number of carbonyl (C=O) groups is 1. The van der Waals surface area contributed by atoms with E-state index in [4.69, 9.17) is 4.42 Å². The van der Waals surface area contributed by atoms with E-state index in [1.807, 2.05) is 0 Å². The summed E-state index contributed by atoms with van der Waals surface area (Å²) in [5.74, 6) is 0.789. The Morgan fingerprint density at radius 1 is 1.17 bits per heavy atom. The number of benzene rings is 1. The number of aromatic nitrogens is 1. The highest BCUT2D eigenvalue weighted by molar-refractivity contribution is 6.06. The molecule has 0 aliphatic carbocycles. The highest BCUT2D eigenvalue weighted by atomic mass is 16.6. The summed E-state index contributed by atoms with van der Waals surface area (Å²) < 4.78 is 5.61. The summed E-state index contributed by atoms with van der Waals surface area (Å²) in [6.45, 7) is 0. The molecule has 1 aromatic carbocycles. The molecule has 6 nitrogen and oxygen atoms in total. The van der Waals surface area contributed by atoms with Gasteiger partial charge in [-0.15, -0.1) is 0 Å². The van der Waals surface area contributed by atoms with E-state index in [0.717, 1.165) is 0 Å². The Labute approximate surface area is 137 Å². The molecule has 3 aromatic rings. The van der Waals surface area contributed by atoms with Crippen molar-refractivity contribution < 1.29 is 14.1 Å². The van der Waals surface area contributed by atoms with Gasteiger partial charge in [0, 0.05) is 35.7 Å². The van der Waals surface area contributed by atoms with Gasteiger partial charge in [-0.1, -0.05) is 12.1 Å². The predicted octanol–water partition coefficient (Wildman–Crippen LogP) is 4.15. The monoisotopic (exact) mass is 320 g/mol. The average molecular weight is 320 g/mol. The smallest absolute Gasteiger partial charge is 0.270 e. The molecule has 0 spiro atoms. The lowest BCUT2D eigenvalue weighted by Crippen LogP contribution is -1.93. The third-order valence-corrected chi connectivity index (χ3v) is 3.31. The van der Waals surface area contributed by atoms with Crippen LogP contribution in [-0.4, -0.2) is 15.7 Å². The van der Waals surface area contributed by atoms with Crippen LogP contribution in [-0.2, 0) is 0 Å². The summed E-state index contributed by atoms with van der Waals surface area (Å²) in [4.78, 5) is 26.2. The highest BCUT2D eigenvalue weighted by Crippen LogP contribution is 2.26. The molecule has 3 rings (SSSR count). The fourth-order valence-corrected chi connectivity index (χ4v) is 2.13. The van der Waals surface area contributed by atoms with Crippen LogP contribution in [0.5, 0.6) is 0 Å². The van der Waals surface area contributed by atoms with Crippen LogP contribution in [0.15, 0.2) is 71.4 Å². The van der Waals surface area contributed by atoms with Crippen LogP contribution in [0.25, 0.3) is 17.4 Å². The van der Waals surface area contributed by atoms with E-state index in [9.17, 15) is 14.9 Å². The van der Waals surface area contributed by atoms with E-state index in [0.29, 0.717) is 22.6 Å². The molecule has 0 aliphatic rings. The van der Waals surface area contributed by atoms with Crippen LogP contribution in [0.3, 0.4) is 0 Å². The van der Waals surface area contributed by atoms with Crippen LogP contribution < -0.4 is 0 Å². The van der Waals surface area contributed by atoms with Crippen molar-refractivity contribution in [2.24, 2.45) is 0 Å². The molecule has 2 heterocycles. The zero-order valence-electron chi connectivity index (χ0n) is 12.5. The third-order valence-electron chi connectivity index (χ3n) is 3.31. The molecule has 0 atom stereocenters. The number of rotatable bonds is 5. The minimum Gasteiger partial charge on any atom is -0.457 e. The summed E-state index contributed by atoms with van der Waals surface area (Å²) in [5.41, 5.74) is 1.08. The quantitative estimate of drug-likeness (QED) is 0.305. The van der Waals surface area contributed by atoms with Crippen LogP contribution in [0.1, 0.15) is 16.1 Å². The van der Waals surface area contributed by atoms with Gasteiger partial charge in [0.2, 0.25) is 0 Å². The summed E-state index contributed by atoms with van der Waals surface area (Å²) in [5, 5.41) is 10.8. The van der Waals surface area contributed by atoms with Crippen LogP contribution in [0.2, 0.25) is 0 Å². The van der Waals surface area contributed by atoms with Crippen molar-refractivity contribution >= 4 is 17.5 Å². The van der Waals surface area contributed by atoms with Gasteiger partial charge in [0.25, 0.3) is 5.69 Å². The van der Waals surface area contributed by atoms with Crippen molar-refractivity contribution in [2.45, 2.75) is 0 Å². The normalized spacial score (nSPS) is 10.8. The number of ketones is 1. The summed E-state index contributed by atoms with van der Waals surface area (Å²) >= 11 is 0. The maximum atomic E-state index is 12.0. The molecule has 0 radical (unpaired) electrons. The number of non-ortho nitro benzene ring substituents is 1. The van der Waals surface area contributed by atoms with Gasteiger partial charge in [-0.2, -0.15) is 0 Å². The molecule has 0 unspecified atom stereocenters. The second-order valence-electron chi connectivity index (χ2n) is 4.95. The summed E-state index contributed by atoms with van der Waals surface area (Å²) in [7, 11) is 0. The average Bonchev–Trinajstić information content (AvgIpc) is 3.09. The zero-order valence-corrected chi connectivity index (χ0v) is 12.5. The van der Waals surface area contributed by atoms with E-state index in [1.165, 1.54) is 24.4 Å². The van der Waals surface area contributed by atoms with E-state index in [-0.39, 0.29) is 11.5 Å². The number of allylic oxidation sites excluding steroid dienone is 1. The highest BCUT2D eigenvalue weighted by Gasteiger charge is 2.09. The van der Waals surface area contributed by atoms with Gasteiger partial charge in [-0.05, 0) is 36.4 Å². The number of nitrogens with zero attached hydrogens (tertiary/aromatic N) is 2. The molecule has 0 aliphatic heterocycles. The topological polar surface area (TPSA) is 86.2 Å². The van der Waals surface area contributed by atoms with E-state index in [1.54, 1.807) is 48.7 Å². The number of nitro groups is 1. The number of hydrogen-bond acceptors (Lipinski definition) is 5. The SMILES string of the molecule is O=C(/C=C/c1ccc(-c2cccc([N+](=O)[O-])c2)o1)c1cccnc1. The molecule has 0 amide bonds. The lowest BCUT2D eigenvalue weighted by molar-refractivity contribution is -0.384. The van der Waals surface area contributed by atoms with Gasteiger partial charge in [0.05, 0.1) is 4.92 Å². The van der Waals surface area contributed by atoms with Crippen molar-refractivity contribution in [2.75, 3.05) is 0 Å². The first kappa shape index (κ1) is 15.4. The molecule has 6 heteroatoms. The summed E-state index contributed by atoms with van der Waals surface area (Å²) in [6, 6.07) is 12.9. The first-order valence-electron chi connectivity index (χ1n) is 7.10. The number of nitro benzene ring substituents is 1. The Hall–Kier alpha value is -3.54. The third kappa shape index (κ3) is 3.44. The van der Waals surface area contributed by atoms with Gasteiger partial charge < -0.3 is 4.42 Å². The molecule has 0 bridgehead atoms. The number of hydrogen-bond donors (Lipinski definition) is 0. The molecule has 0 fully saturated rings. The first-order valence-corrected chi connectivity index (χ1v) is 7.10. The van der Waals surface area contributed by atoms with Gasteiger partial charge in [0.1, 0.15) is 11.5 Å². The standard InChI is InChI=1S/C18H12N2O4/c21-17(14-4-2-10-19-12-14)8-6-16-7-9-18(24-16)13-3-1-5-15(11-13)20(22)23/h1-12H/b8-6+. The molecule has 0 N–H and O–H groups in total. The van der Waals surface area contributed by atoms with E-state index < -0.39 is 4.92 Å². The second-order valence-corrected chi connectivity index (χ2v) is 4.95. The molecule has 24 heavy (non-hydrogen) atoms. The van der Waals surface area contributed by atoms with Crippen molar-refractivity contribution in [3.05, 3.63) is 88.4 Å². The maximum Gasteiger partial charge on any atom is 0.270 e. The van der Waals surface area contributed by atoms with E-state index >= 15 is 0 Å². The van der Waals surface area contributed by atoms with Crippen LogP contribution in [0.4, 0.5) is 5.69 Å². The van der Waals surface area contributed by atoms with Crippen LogP contribution >= 0.6 is 0 Å². The lowest BCUT2D eigenvalue weighted by Gasteiger charge is -1.97. The van der Waals surface area contributed by atoms with Gasteiger partial charge in [-0.3, -0.25) is 19.9 Å². The number of pyridine rings is 1. The van der Waals surface area contributed by atoms with Gasteiger partial charge in [0.15, 0.2) is 5.78 Å². The zero-order chi connectivity index (χ0) is 16.9. The Bertz CT molecular complexity index is 914. The van der Waals surface area contributed by atoms with Crippen molar-refractivity contribution in [1.29, 1.82) is 0 Å². The molecule has 0 saturated heterocycles. The Morgan fingerprint density at radius 2 is 2.04 bits per heavy atom. The van der Waals surface area contributed by atoms with Gasteiger partial charge >= 0.3 is 0 Å². The summed E-state index contributed by atoms with van der Waals surface area (Å²) in [6.07, 6.45) is 6.03.